The first-order valence-electron chi connectivity index (χ1n) is 3.02. The number of alkyl halides is 3. The first-order chi connectivity index (χ1) is 4.98. The van der Waals surface area contributed by atoms with E-state index >= 15 is 0 Å². The van der Waals surface area contributed by atoms with E-state index < -0.39 is 11.7 Å². The second kappa shape index (κ2) is 4.05. The number of rotatable bonds is 3. The van der Waals surface area contributed by atoms with Gasteiger partial charge >= 0.3 is 6.18 Å². The monoisotopic (exact) mass is 166 g/mol. The van der Waals surface area contributed by atoms with Gasteiger partial charge in [-0.25, -0.2) is 0 Å². The zero-order valence-electron chi connectivity index (χ0n) is 6.11. The van der Waals surface area contributed by atoms with Crippen LogP contribution >= 0.6 is 0 Å². The zero-order chi connectivity index (χ0) is 8.91. The highest BCUT2D eigenvalue weighted by Gasteiger charge is 2.29. The Morgan fingerprint density at radius 2 is 2.09 bits per heavy atom. The van der Waals surface area contributed by atoms with E-state index in [1.807, 2.05) is 0 Å². The molecule has 0 radical (unpaired) electrons. The minimum Gasteiger partial charge on any atom is -0.501 e. The summed E-state index contributed by atoms with van der Waals surface area (Å²) in [7, 11) is 0. The normalized spacial score (nSPS) is 12.0. The Hall–Kier alpha value is -0.930. The molecule has 0 aliphatic carbocycles. The second-order valence-corrected chi connectivity index (χ2v) is 1.78. The van der Waals surface area contributed by atoms with E-state index in [0.29, 0.717) is 6.61 Å². The molecular weight excluding hydrogens is 157 g/mol. The van der Waals surface area contributed by atoms with Crippen LogP contribution in [0.5, 0.6) is 0 Å². The molecule has 0 rings (SSSR count). The molecule has 0 bridgehead atoms. The van der Waals surface area contributed by atoms with Gasteiger partial charge in [-0.3, -0.25) is 0 Å². The maximum absolute atomic E-state index is 11.7. The second-order valence-electron chi connectivity index (χ2n) is 1.78. The molecule has 4 heteroatoms. The molecule has 0 aromatic heterocycles. The standard InChI is InChI=1S/C7H9F3O/c1-3-11-5-4-6(2)7(8,9)10/h4-5H,2-3H2,1H3. The van der Waals surface area contributed by atoms with Crippen molar-refractivity contribution in [3.8, 4) is 0 Å². The van der Waals surface area contributed by atoms with Gasteiger partial charge < -0.3 is 4.74 Å². The molecule has 0 aromatic carbocycles. The summed E-state index contributed by atoms with van der Waals surface area (Å²) in [5.41, 5.74) is -0.911. The van der Waals surface area contributed by atoms with Gasteiger partial charge in [0.15, 0.2) is 0 Å². The van der Waals surface area contributed by atoms with Crippen LogP contribution in [-0.2, 0) is 4.74 Å². The van der Waals surface area contributed by atoms with Crippen molar-refractivity contribution in [3.63, 3.8) is 0 Å². The van der Waals surface area contributed by atoms with Crippen LogP contribution in [0.15, 0.2) is 24.5 Å². The van der Waals surface area contributed by atoms with Crippen LogP contribution in [0.2, 0.25) is 0 Å². The fourth-order valence-corrected chi connectivity index (χ4v) is 0.321. The molecule has 0 unspecified atom stereocenters. The highest BCUT2D eigenvalue weighted by atomic mass is 19.4. The largest absolute Gasteiger partial charge is 0.501 e. The Morgan fingerprint density at radius 1 is 1.55 bits per heavy atom. The maximum atomic E-state index is 11.7. The Bertz CT molecular complexity index is 158. The minimum atomic E-state index is -4.35. The highest BCUT2D eigenvalue weighted by molar-refractivity contribution is 5.18. The lowest BCUT2D eigenvalue weighted by atomic mass is 10.3. The number of hydrogen-bond donors (Lipinski definition) is 0. The lowest BCUT2D eigenvalue weighted by Crippen LogP contribution is -2.08. The molecule has 0 amide bonds. The van der Waals surface area contributed by atoms with Crippen molar-refractivity contribution in [1.29, 1.82) is 0 Å². The Labute approximate surface area is 63.2 Å². The van der Waals surface area contributed by atoms with Crippen molar-refractivity contribution in [2.45, 2.75) is 13.1 Å². The smallest absolute Gasteiger partial charge is 0.415 e. The molecule has 0 aliphatic rings. The van der Waals surface area contributed by atoms with Gasteiger partial charge in [-0.1, -0.05) is 6.58 Å². The van der Waals surface area contributed by atoms with Gasteiger partial charge in [-0.15, -0.1) is 0 Å². The van der Waals surface area contributed by atoms with Crippen LogP contribution in [0.3, 0.4) is 0 Å². The fraction of sp³-hybridized carbons (Fsp3) is 0.429. The molecule has 0 N–H and O–H groups in total. The van der Waals surface area contributed by atoms with E-state index in [0.717, 1.165) is 12.3 Å². The Balaban J connectivity index is 3.88. The first kappa shape index (κ1) is 10.1. The van der Waals surface area contributed by atoms with Crippen LogP contribution in [0, 0.1) is 0 Å². The summed E-state index contributed by atoms with van der Waals surface area (Å²) < 4.78 is 39.6. The van der Waals surface area contributed by atoms with E-state index in [1.165, 1.54) is 0 Å². The summed E-state index contributed by atoms with van der Waals surface area (Å²) in [6, 6.07) is 0. The Morgan fingerprint density at radius 3 is 2.45 bits per heavy atom. The van der Waals surface area contributed by atoms with Crippen molar-refractivity contribution in [2.75, 3.05) is 6.61 Å². The topological polar surface area (TPSA) is 9.23 Å². The summed E-state index contributed by atoms with van der Waals surface area (Å²) in [5.74, 6) is 0. The van der Waals surface area contributed by atoms with Crippen LogP contribution in [0.25, 0.3) is 0 Å². The van der Waals surface area contributed by atoms with Crippen molar-refractivity contribution >= 4 is 0 Å². The number of hydrogen-bond acceptors (Lipinski definition) is 1. The summed E-state index contributed by atoms with van der Waals surface area (Å²) in [6.07, 6.45) is -2.58. The van der Waals surface area contributed by atoms with E-state index in [-0.39, 0.29) is 0 Å². The van der Waals surface area contributed by atoms with Crippen molar-refractivity contribution in [1.82, 2.24) is 0 Å². The highest BCUT2D eigenvalue weighted by Crippen LogP contribution is 2.24. The van der Waals surface area contributed by atoms with Gasteiger partial charge in [0.05, 0.1) is 18.4 Å². The third-order valence-corrected chi connectivity index (χ3v) is 0.896. The fourth-order valence-electron chi connectivity index (χ4n) is 0.321. The third kappa shape index (κ3) is 4.47. The van der Waals surface area contributed by atoms with E-state index in [9.17, 15) is 13.2 Å². The average Bonchev–Trinajstić information content (AvgIpc) is 1.86. The molecule has 0 atom stereocenters. The van der Waals surface area contributed by atoms with E-state index in [4.69, 9.17) is 0 Å². The molecule has 0 aromatic rings. The van der Waals surface area contributed by atoms with E-state index in [1.54, 1.807) is 6.92 Å². The van der Waals surface area contributed by atoms with Crippen LogP contribution in [0.4, 0.5) is 13.2 Å². The Kier molecular flexibility index (Phi) is 3.71. The van der Waals surface area contributed by atoms with Crippen LogP contribution in [0.1, 0.15) is 6.92 Å². The molecular formula is C7H9F3O. The SMILES string of the molecule is C=C(C=COCC)C(F)(F)F. The summed E-state index contributed by atoms with van der Waals surface area (Å²) in [6.45, 7) is 4.84. The first-order valence-corrected chi connectivity index (χ1v) is 3.02. The summed E-state index contributed by atoms with van der Waals surface area (Å²) in [4.78, 5) is 0. The summed E-state index contributed by atoms with van der Waals surface area (Å²) in [5, 5.41) is 0. The van der Waals surface area contributed by atoms with Gasteiger partial charge in [0.25, 0.3) is 0 Å². The van der Waals surface area contributed by atoms with Gasteiger partial charge in [-0.05, 0) is 13.0 Å². The number of allylic oxidation sites excluding steroid dienone is 2. The molecule has 64 valence electrons. The van der Waals surface area contributed by atoms with Crippen molar-refractivity contribution < 1.29 is 17.9 Å². The molecule has 0 heterocycles. The molecule has 1 nitrogen and oxygen atoms in total. The van der Waals surface area contributed by atoms with Crippen LogP contribution < -0.4 is 0 Å². The zero-order valence-corrected chi connectivity index (χ0v) is 6.11. The maximum Gasteiger partial charge on any atom is 0.415 e. The van der Waals surface area contributed by atoms with Crippen LogP contribution in [-0.4, -0.2) is 12.8 Å². The predicted molar refractivity (Wildman–Crippen MR) is 36.0 cm³/mol. The lowest BCUT2D eigenvalue weighted by Gasteiger charge is -2.03. The van der Waals surface area contributed by atoms with Gasteiger partial charge in [0.1, 0.15) is 0 Å². The van der Waals surface area contributed by atoms with Gasteiger partial charge in [0, 0.05) is 0 Å². The quantitative estimate of drug-likeness (QED) is 0.462. The van der Waals surface area contributed by atoms with Gasteiger partial charge in [-0.2, -0.15) is 13.2 Å². The van der Waals surface area contributed by atoms with E-state index in [2.05, 4.69) is 11.3 Å². The molecule has 11 heavy (non-hydrogen) atoms. The number of halogens is 3. The van der Waals surface area contributed by atoms with Crippen molar-refractivity contribution in [3.05, 3.63) is 24.5 Å². The minimum absolute atomic E-state index is 0.349. The lowest BCUT2D eigenvalue weighted by molar-refractivity contribution is -0.0880. The van der Waals surface area contributed by atoms with Crippen molar-refractivity contribution in [2.24, 2.45) is 0 Å². The van der Waals surface area contributed by atoms with Gasteiger partial charge in [0.2, 0.25) is 0 Å². The average molecular weight is 166 g/mol. The predicted octanol–water partition coefficient (Wildman–Crippen LogP) is 2.66. The molecule has 0 saturated heterocycles. The molecule has 0 fully saturated rings. The number of ether oxygens (including phenoxy) is 1. The summed E-state index contributed by atoms with van der Waals surface area (Å²) >= 11 is 0. The molecule has 0 aliphatic heterocycles. The molecule has 0 saturated carbocycles. The molecule has 0 spiro atoms. The third-order valence-electron chi connectivity index (χ3n) is 0.896.